The van der Waals surface area contributed by atoms with Crippen LogP contribution < -0.4 is 44.1 Å². The van der Waals surface area contributed by atoms with Crippen LogP contribution in [0.2, 0.25) is 0 Å². The fourth-order valence-electron chi connectivity index (χ4n) is 8.24. The molecule has 0 spiro atoms. The maximum Gasteiger partial charge on any atom is 0.332 e. The number of hydrogen-bond acceptors (Lipinski definition) is 3. The lowest BCUT2D eigenvalue weighted by Gasteiger charge is -2.22. The molecule has 2 heterocycles. The minimum absolute atomic E-state index is 0. The number of aromatic nitrogens is 4. The number of aryl methyl sites for hydroxylation is 1. The van der Waals surface area contributed by atoms with Crippen LogP contribution in [0.15, 0.2) is 113 Å². The Morgan fingerprint density at radius 1 is 0.804 bits per heavy atom. The summed E-state index contributed by atoms with van der Waals surface area (Å²) in [7, 11) is -1.53. The Morgan fingerprint density at radius 3 is 1.72 bits per heavy atom. The number of aromatic amines is 1. The fraction of sp³-hybridized carbons (Fsp3) is 0.342. The highest BCUT2D eigenvalue weighted by Crippen LogP contribution is 2.77. The number of nitrogens with one attached hydrogen (secondary N) is 1. The van der Waals surface area contributed by atoms with E-state index in [4.69, 9.17) is 4.98 Å². The quantitative estimate of drug-likeness (QED) is 0.201. The number of hydrogen-bond donors (Lipinski definition) is 1. The van der Waals surface area contributed by atoms with Crippen molar-refractivity contribution in [1.29, 1.82) is 0 Å². The molecule has 0 saturated heterocycles. The van der Waals surface area contributed by atoms with E-state index in [0.29, 0.717) is 47.9 Å². The lowest BCUT2D eigenvalue weighted by Crippen LogP contribution is -3.00. The van der Waals surface area contributed by atoms with E-state index < -0.39 is 7.26 Å². The molecule has 5 aromatic rings. The third-order valence-electron chi connectivity index (χ3n) is 10.4. The topological polar surface area (TPSA) is 72.7 Å². The number of allylic oxidation sites excluding steroid dienone is 1. The van der Waals surface area contributed by atoms with Gasteiger partial charge in [0.15, 0.2) is 5.65 Å². The van der Waals surface area contributed by atoms with Crippen LogP contribution in [0.5, 0.6) is 0 Å². The van der Waals surface area contributed by atoms with Crippen LogP contribution in [0.3, 0.4) is 0 Å². The van der Waals surface area contributed by atoms with Gasteiger partial charge in [-0.25, -0.2) is 9.78 Å². The molecule has 5 unspecified atom stereocenters. The standard InChI is InChI=1S/C19H24N4O2.C19H18P.BrH/c1-4-6-22-17-15(18(24)23(7-5-2)19(22)25)20-16(21-17)14-10-8-11-12(9(10)3)13(11)14;1-20(17-11-5-2-6-12-17,18-13-7-3-8-14-18)19-15-9-4-10-16-19;/h10-14H,3-8H2,1-2H3,(H,20,21);2-16H,1H3;1H/q;+1;/p-1. The zero-order chi connectivity index (χ0) is 31.3. The van der Waals surface area contributed by atoms with Crippen molar-refractivity contribution in [2.45, 2.75) is 52.1 Å². The van der Waals surface area contributed by atoms with Gasteiger partial charge in [-0.3, -0.25) is 13.9 Å². The van der Waals surface area contributed by atoms with Crippen molar-refractivity contribution < 1.29 is 17.0 Å². The maximum atomic E-state index is 12.8. The van der Waals surface area contributed by atoms with Gasteiger partial charge in [-0.1, -0.05) is 80.6 Å². The normalized spacial score (nSPS) is 22.3. The number of halogens is 1. The predicted octanol–water partition coefficient (Wildman–Crippen LogP) is 2.86. The van der Waals surface area contributed by atoms with Gasteiger partial charge in [0.25, 0.3) is 5.56 Å². The lowest BCUT2D eigenvalue weighted by atomic mass is 9.95. The first-order valence-electron chi connectivity index (χ1n) is 16.3. The highest BCUT2D eigenvalue weighted by atomic mass is 79.9. The maximum absolute atomic E-state index is 12.8. The van der Waals surface area contributed by atoms with Crippen molar-refractivity contribution in [2.24, 2.45) is 23.7 Å². The van der Waals surface area contributed by atoms with Crippen LogP contribution in [-0.2, 0) is 13.1 Å². The number of benzene rings is 3. The van der Waals surface area contributed by atoms with Crippen molar-refractivity contribution in [1.82, 2.24) is 19.1 Å². The van der Waals surface area contributed by atoms with Gasteiger partial charge in [-0.05, 0) is 79.3 Å². The number of rotatable bonds is 8. The second-order valence-corrected chi connectivity index (χ2v) is 16.5. The summed E-state index contributed by atoms with van der Waals surface area (Å²) in [5, 5.41) is 4.28. The van der Waals surface area contributed by atoms with Crippen LogP contribution >= 0.6 is 7.26 Å². The van der Waals surface area contributed by atoms with Crippen LogP contribution in [0.4, 0.5) is 0 Å². The van der Waals surface area contributed by atoms with Crippen LogP contribution in [-0.4, -0.2) is 25.8 Å². The van der Waals surface area contributed by atoms with E-state index in [0.717, 1.165) is 24.6 Å². The van der Waals surface area contributed by atoms with E-state index in [1.54, 1.807) is 4.57 Å². The molecule has 9 rings (SSSR count). The van der Waals surface area contributed by atoms with Gasteiger partial charge in [-0.2, -0.15) is 0 Å². The highest BCUT2D eigenvalue weighted by molar-refractivity contribution is 7.95. The first-order valence-corrected chi connectivity index (χ1v) is 18.6. The fourth-order valence-corrected chi connectivity index (χ4v) is 11.4. The first-order chi connectivity index (χ1) is 21.9. The molecule has 6 nitrogen and oxygen atoms in total. The number of fused-ring (bicyclic) bond motifs is 1. The average molecular weight is 698 g/mol. The van der Waals surface area contributed by atoms with Gasteiger partial charge in [-0.15, -0.1) is 0 Å². The molecule has 5 atom stereocenters. The van der Waals surface area contributed by atoms with Crippen molar-refractivity contribution in [3.63, 3.8) is 0 Å². The summed E-state index contributed by atoms with van der Waals surface area (Å²) in [6, 6.07) is 32.6. The number of imidazole rings is 1. The zero-order valence-electron chi connectivity index (χ0n) is 26.8. The Kier molecular flexibility index (Phi) is 9.11. The largest absolute Gasteiger partial charge is 1.00 e. The van der Waals surface area contributed by atoms with E-state index in [1.807, 2.05) is 13.8 Å². The van der Waals surface area contributed by atoms with Crippen molar-refractivity contribution in [3.05, 3.63) is 130 Å². The molecule has 4 aliphatic rings. The van der Waals surface area contributed by atoms with Crippen LogP contribution in [0.1, 0.15) is 44.9 Å². The first kappa shape index (κ1) is 32.4. The van der Waals surface area contributed by atoms with Gasteiger partial charge >= 0.3 is 5.69 Å². The molecule has 4 aliphatic carbocycles. The summed E-state index contributed by atoms with van der Waals surface area (Å²) in [5.74, 6) is 3.87. The summed E-state index contributed by atoms with van der Waals surface area (Å²) in [5.41, 5.74) is 1.94. The molecule has 8 heteroatoms. The number of nitrogens with zero attached hydrogens (tertiary/aromatic N) is 3. The van der Waals surface area contributed by atoms with E-state index in [-0.39, 0.29) is 28.2 Å². The predicted molar refractivity (Wildman–Crippen MR) is 187 cm³/mol. The van der Waals surface area contributed by atoms with Gasteiger partial charge in [0.1, 0.15) is 34.5 Å². The Hall–Kier alpha value is -3.54. The smallest absolute Gasteiger partial charge is 0.332 e. The SMILES string of the molecule is C=C1C2CC3C1C3C2c1nc2c([nH]1)c(=O)n(CCC)c(=O)n2CCC.C[P+](c1ccccc1)(c1ccccc1)c1ccccc1.[Br-]. The van der Waals surface area contributed by atoms with Crippen LogP contribution in [0.25, 0.3) is 11.2 Å². The molecule has 238 valence electrons. The third-order valence-corrected chi connectivity index (χ3v) is 14.4. The Labute approximate surface area is 281 Å². The lowest BCUT2D eigenvalue weighted by molar-refractivity contribution is -0.00000931. The summed E-state index contributed by atoms with van der Waals surface area (Å²) >= 11 is 0. The summed E-state index contributed by atoms with van der Waals surface area (Å²) in [4.78, 5) is 33.7. The van der Waals surface area contributed by atoms with Crippen molar-refractivity contribution >= 4 is 34.3 Å². The molecule has 4 bridgehead atoms. The van der Waals surface area contributed by atoms with Gasteiger partial charge in [0, 0.05) is 19.0 Å². The molecule has 0 amide bonds. The average Bonchev–Trinajstić information content (AvgIpc) is 3.42. The van der Waals surface area contributed by atoms with Gasteiger partial charge in [0.05, 0.1) is 6.66 Å². The summed E-state index contributed by atoms with van der Waals surface area (Å²) < 4.78 is 3.03. The monoisotopic (exact) mass is 696 g/mol. The molecular weight excluding hydrogens is 655 g/mol. The summed E-state index contributed by atoms with van der Waals surface area (Å²) in [6.07, 6.45) is 2.80. The van der Waals surface area contributed by atoms with E-state index in [2.05, 4.69) is 109 Å². The second kappa shape index (κ2) is 12.9. The Morgan fingerprint density at radius 2 is 1.30 bits per heavy atom. The second-order valence-electron chi connectivity index (χ2n) is 12.9. The highest BCUT2D eigenvalue weighted by Gasteiger charge is 2.71. The molecule has 4 fully saturated rings. The molecule has 2 aromatic heterocycles. The Balaban J connectivity index is 0.000000162. The molecule has 0 aliphatic heterocycles. The third kappa shape index (κ3) is 5.16. The van der Waals surface area contributed by atoms with Crippen LogP contribution in [0, 0.1) is 23.7 Å². The molecular formula is C38H42BrN4O2P. The van der Waals surface area contributed by atoms with E-state index in [9.17, 15) is 9.59 Å². The molecule has 3 aromatic carbocycles. The molecule has 0 radical (unpaired) electrons. The van der Waals surface area contributed by atoms with Crippen molar-refractivity contribution in [2.75, 3.05) is 6.66 Å². The van der Waals surface area contributed by atoms with E-state index >= 15 is 0 Å². The minimum Gasteiger partial charge on any atom is -1.00 e. The molecule has 46 heavy (non-hydrogen) atoms. The Bertz CT molecular complexity index is 1870. The summed E-state index contributed by atoms with van der Waals surface area (Å²) in [6.45, 7) is 11.7. The zero-order valence-corrected chi connectivity index (χ0v) is 29.3. The molecule has 4 saturated carbocycles. The van der Waals surface area contributed by atoms with Crippen molar-refractivity contribution in [3.8, 4) is 0 Å². The minimum atomic E-state index is -1.53. The number of H-pyrrole nitrogens is 1. The van der Waals surface area contributed by atoms with E-state index in [1.165, 1.54) is 32.5 Å². The van der Waals surface area contributed by atoms with Gasteiger partial charge < -0.3 is 22.0 Å². The van der Waals surface area contributed by atoms with Gasteiger partial charge in [0.2, 0.25) is 0 Å². The molecule has 1 N–H and O–H groups in total.